The Morgan fingerprint density at radius 2 is 0.970 bits per heavy atom. The van der Waals surface area contributed by atoms with Crippen molar-refractivity contribution in [1.82, 2.24) is 4.57 Å². The van der Waals surface area contributed by atoms with Crippen LogP contribution in [0.4, 0.5) is 17.1 Å². The van der Waals surface area contributed by atoms with Crippen molar-refractivity contribution in [3.05, 3.63) is 248 Å². The van der Waals surface area contributed by atoms with Gasteiger partial charge in [-0.2, -0.15) is 0 Å². The molecule has 12 aromatic rings. The van der Waals surface area contributed by atoms with E-state index in [1.807, 2.05) is 6.07 Å². The summed E-state index contributed by atoms with van der Waals surface area (Å²) in [7, 11) is 0. The van der Waals surface area contributed by atoms with Gasteiger partial charge in [0.25, 0.3) is 0 Å². The molecule has 316 valence electrons. The molecule has 0 radical (unpaired) electrons. The summed E-state index contributed by atoms with van der Waals surface area (Å²) in [5, 5.41) is 6.05. The maximum Gasteiger partial charge on any atom is 0.143 e. The predicted octanol–water partition coefficient (Wildman–Crippen LogP) is 17.8. The molecule has 0 N–H and O–H groups in total. The molecule has 0 fully saturated rings. The van der Waals surface area contributed by atoms with Gasteiger partial charge in [0.1, 0.15) is 11.2 Å². The van der Waals surface area contributed by atoms with Gasteiger partial charge in [0.15, 0.2) is 0 Å². The fraction of sp³-hybridized carbons (Fsp3) is 0.0312. The third kappa shape index (κ3) is 6.50. The normalized spacial score (nSPS) is 12.3. The highest BCUT2D eigenvalue weighted by atomic mass is 16.3. The zero-order valence-corrected chi connectivity index (χ0v) is 36.8. The predicted molar refractivity (Wildman–Crippen MR) is 282 cm³/mol. The summed E-state index contributed by atoms with van der Waals surface area (Å²) < 4.78 is 9.13. The van der Waals surface area contributed by atoms with Crippen LogP contribution in [0.15, 0.2) is 241 Å². The average molecular weight is 857 g/mol. The van der Waals surface area contributed by atoms with Gasteiger partial charge in [0.2, 0.25) is 0 Å². The number of benzene rings is 10. The van der Waals surface area contributed by atoms with Crippen molar-refractivity contribution in [2.45, 2.75) is 12.8 Å². The third-order valence-electron chi connectivity index (χ3n) is 13.7. The molecule has 67 heavy (non-hydrogen) atoms. The Balaban J connectivity index is 0.949. The number of para-hydroxylation sites is 5. The van der Waals surface area contributed by atoms with E-state index >= 15 is 0 Å². The molecule has 2 aromatic heterocycles. The lowest BCUT2D eigenvalue weighted by Gasteiger charge is -2.28. The Kier molecular flexibility index (Phi) is 9.31. The van der Waals surface area contributed by atoms with Crippen LogP contribution >= 0.6 is 0 Å². The second-order valence-corrected chi connectivity index (χ2v) is 17.5. The first-order valence-electron chi connectivity index (χ1n) is 23.2. The monoisotopic (exact) mass is 856 g/mol. The SMILES string of the molecule is C1=Cc2c(c3ccccc3n2-c2ccccc2-c2ccccc2-c2ccc(N(c3ccc(-c4cccc5ccccc45)cc3)c3ccccc3-c3cccc4c3oc3ccccc34)cc2)CC1. The number of furan rings is 1. The molecular weight excluding hydrogens is 813 g/mol. The maximum atomic E-state index is 6.65. The molecule has 0 saturated heterocycles. The minimum Gasteiger partial charge on any atom is -0.455 e. The molecular formula is C64H44N2O. The number of allylic oxidation sites excluding steroid dienone is 1. The average Bonchev–Trinajstić information content (AvgIpc) is 3.95. The van der Waals surface area contributed by atoms with Gasteiger partial charge in [-0.1, -0.05) is 188 Å². The van der Waals surface area contributed by atoms with Crippen molar-refractivity contribution in [2.24, 2.45) is 0 Å². The van der Waals surface area contributed by atoms with Gasteiger partial charge in [-0.05, 0) is 112 Å². The van der Waals surface area contributed by atoms with Crippen LogP contribution in [0.3, 0.4) is 0 Å². The first-order chi connectivity index (χ1) is 33.3. The van der Waals surface area contributed by atoms with E-state index in [9.17, 15) is 0 Å². The van der Waals surface area contributed by atoms with Crippen molar-refractivity contribution in [3.63, 3.8) is 0 Å². The summed E-state index contributed by atoms with van der Waals surface area (Å²) in [5.74, 6) is 0. The molecule has 0 bridgehead atoms. The molecule has 0 saturated carbocycles. The van der Waals surface area contributed by atoms with E-state index in [1.165, 1.54) is 66.4 Å². The Bertz CT molecular complexity index is 3860. The number of fused-ring (bicyclic) bond motifs is 7. The third-order valence-corrected chi connectivity index (χ3v) is 13.7. The quantitative estimate of drug-likeness (QED) is 0.152. The lowest BCUT2D eigenvalue weighted by molar-refractivity contribution is 0.670. The van der Waals surface area contributed by atoms with E-state index in [0.717, 1.165) is 68.5 Å². The first kappa shape index (κ1) is 38.8. The molecule has 0 atom stereocenters. The van der Waals surface area contributed by atoms with Crippen LogP contribution < -0.4 is 4.90 Å². The Labute approximate surface area is 389 Å². The van der Waals surface area contributed by atoms with E-state index in [4.69, 9.17) is 4.42 Å². The largest absolute Gasteiger partial charge is 0.455 e. The molecule has 1 aliphatic rings. The summed E-state index contributed by atoms with van der Waals surface area (Å²) in [6, 6.07) is 83.5. The Hall–Kier alpha value is -8.66. The zero-order chi connectivity index (χ0) is 44.3. The smallest absolute Gasteiger partial charge is 0.143 e. The molecule has 0 amide bonds. The van der Waals surface area contributed by atoms with Crippen LogP contribution in [-0.2, 0) is 6.42 Å². The lowest BCUT2D eigenvalue weighted by atomic mass is 9.93. The van der Waals surface area contributed by atoms with Crippen molar-refractivity contribution < 1.29 is 4.42 Å². The van der Waals surface area contributed by atoms with Crippen molar-refractivity contribution in [3.8, 4) is 50.2 Å². The summed E-state index contributed by atoms with van der Waals surface area (Å²) in [5.41, 5.74) is 19.4. The second kappa shape index (κ2) is 16.1. The molecule has 0 aliphatic heterocycles. The number of hydrogen-bond donors (Lipinski definition) is 0. The molecule has 10 aromatic carbocycles. The van der Waals surface area contributed by atoms with E-state index in [1.54, 1.807) is 0 Å². The van der Waals surface area contributed by atoms with Crippen LogP contribution in [0.5, 0.6) is 0 Å². The van der Waals surface area contributed by atoms with E-state index in [-0.39, 0.29) is 0 Å². The first-order valence-corrected chi connectivity index (χ1v) is 23.2. The fourth-order valence-corrected chi connectivity index (χ4v) is 10.7. The van der Waals surface area contributed by atoms with Crippen LogP contribution in [0, 0.1) is 0 Å². The number of rotatable bonds is 8. The maximum absolute atomic E-state index is 6.65. The Morgan fingerprint density at radius 1 is 0.403 bits per heavy atom. The van der Waals surface area contributed by atoms with Crippen LogP contribution in [0.2, 0.25) is 0 Å². The number of anilines is 3. The van der Waals surface area contributed by atoms with Crippen molar-refractivity contribution in [1.29, 1.82) is 0 Å². The summed E-state index contributed by atoms with van der Waals surface area (Å²) in [6.45, 7) is 0. The van der Waals surface area contributed by atoms with E-state index < -0.39 is 0 Å². The van der Waals surface area contributed by atoms with Gasteiger partial charge in [0, 0.05) is 49.9 Å². The van der Waals surface area contributed by atoms with Crippen LogP contribution in [0.25, 0.3) is 99.9 Å². The topological polar surface area (TPSA) is 21.3 Å². The number of aryl methyl sites for hydroxylation is 1. The summed E-state index contributed by atoms with van der Waals surface area (Å²) in [4.78, 5) is 2.39. The van der Waals surface area contributed by atoms with Gasteiger partial charge >= 0.3 is 0 Å². The van der Waals surface area contributed by atoms with E-state index in [2.05, 4.69) is 246 Å². The van der Waals surface area contributed by atoms with Crippen LogP contribution in [-0.4, -0.2) is 4.57 Å². The minimum absolute atomic E-state index is 0.888. The van der Waals surface area contributed by atoms with Crippen molar-refractivity contribution >= 4 is 66.8 Å². The Morgan fingerprint density at radius 3 is 1.79 bits per heavy atom. The fourth-order valence-electron chi connectivity index (χ4n) is 10.7. The molecule has 0 unspecified atom stereocenters. The standard InChI is InChI=1S/C64H44N2O/c1-2-19-48-43(17-1)18-15-27-49(48)44-35-39-46(40-36-44)65(59-30-10-8-25-55(59)57-28-16-29-58-56-26-9-14-34-63(56)67-64(57)58)47-41-37-45(38-42-47)50-20-3-4-21-51(50)52-22-5-11-31-60(52)66-61-32-12-6-23-53(61)54-24-7-13-33-62(54)66/h1-6,8-23,25-42H,7,24H2. The molecule has 3 heteroatoms. The van der Waals surface area contributed by atoms with E-state index in [0.29, 0.717) is 0 Å². The molecule has 3 nitrogen and oxygen atoms in total. The number of hydrogen-bond acceptors (Lipinski definition) is 2. The second-order valence-electron chi connectivity index (χ2n) is 17.5. The molecule has 0 spiro atoms. The van der Waals surface area contributed by atoms with Gasteiger partial charge in [-0.25, -0.2) is 0 Å². The van der Waals surface area contributed by atoms with Gasteiger partial charge in [-0.15, -0.1) is 0 Å². The lowest BCUT2D eigenvalue weighted by Crippen LogP contribution is -2.11. The van der Waals surface area contributed by atoms with Gasteiger partial charge < -0.3 is 13.9 Å². The van der Waals surface area contributed by atoms with Gasteiger partial charge in [0.05, 0.1) is 16.9 Å². The zero-order valence-electron chi connectivity index (χ0n) is 36.8. The van der Waals surface area contributed by atoms with Crippen LogP contribution in [0.1, 0.15) is 17.7 Å². The highest BCUT2D eigenvalue weighted by Crippen LogP contribution is 2.46. The summed E-state index contributed by atoms with van der Waals surface area (Å²) in [6.07, 6.45) is 6.75. The van der Waals surface area contributed by atoms with Gasteiger partial charge in [-0.3, -0.25) is 0 Å². The molecule has 2 heterocycles. The number of aromatic nitrogens is 1. The minimum atomic E-state index is 0.888. The highest BCUT2D eigenvalue weighted by Gasteiger charge is 2.23. The molecule has 1 aliphatic carbocycles. The molecule has 13 rings (SSSR count). The number of nitrogens with zero attached hydrogens (tertiary/aromatic N) is 2. The van der Waals surface area contributed by atoms with Crippen molar-refractivity contribution in [2.75, 3.05) is 4.90 Å². The summed E-state index contributed by atoms with van der Waals surface area (Å²) >= 11 is 0. The highest BCUT2D eigenvalue weighted by molar-refractivity contribution is 6.11.